The summed E-state index contributed by atoms with van der Waals surface area (Å²) >= 11 is 0. The zero-order valence-corrected chi connectivity index (χ0v) is 14.7. The van der Waals surface area contributed by atoms with Gasteiger partial charge in [-0.05, 0) is 42.0 Å². The number of esters is 1. The minimum absolute atomic E-state index is 0.285. The highest BCUT2D eigenvalue weighted by Crippen LogP contribution is 2.18. The summed E-state index contributed by atoms with van der Waals surface area (Å²) in [5, 5.41) is 5.96. The van der Waals surface area contributed by atoms with Crippen molar-refractivity contribution >= 4 is 23.3 Å². The highest BCUT2D eigenvalue weighted by atomic mass is 16.5. The number of nitrogens with one attached hydrogen (secondary N) is 2. The quantitative estimate of drug-likeness (QED) is 0.655. The molecule has 2 heterocycles. The maximum atomic E-state index is 12.3. The van der Waals surface area contributed by atoms with Crippen LogP contribution in [-0.4, -0.2) is 29.0 Å². The summed E-state index contributed by atoms with van der Waals surface area (Å²) in [7, 11) is 1.34. The number of amides is 1. The van der Waals surface area contributed by atoms with Crippen LogP contribution in [0.15, 0.2) is 67.1 Å². The van der Waals surface area contributed by atoms with Crippen molar-refractivity contribution in [2.24, 2.45) is 0 Å². The molecule has 0 spiro atoms. The maximum Gasteiger partial charge on any atom is 0.337 e. The third kappa shape index (κ3) is 4.88. The lowest BCUT2D eigenvalue weighted by atomic mass is 10.2. The van der Waals surface area contributed by atoms with Gasteiger partial charge in [-0.3, -0.25) is 14.8 Å². The molecule has 2 aromatic heterocycles. The Hall–Kier alpha value is -3.74. The van der Waals surface area contributed by atoms with E-state index in [1.54, 1.807) is 48.9 Å². The van der Waals surface area contributed by atoms with Crippen LogP contribution >= 0.6 is 0 Å². The number of methoxy groups -OCH3 is 1. The number of carbonyl (C=O) groups excluding carboxylic acids is 2. The van der Waals surface area contributed by atoms with Crippen molar-refractivity contribution in [3.8, 4) is 0 Å². The van der Waals surface area contributed by atoms with Gasteiger partial charge in [0.25, 0.3) is 5.91 Å². The third-order valence-electron chi connectivity index (χ3n) is 3.74. The van der Waals surface area contributed by atoms with Crippen LogP contribution in [0.2, 0.25) is 0 Å². The Morgan fingerprint density at radius 2 is 1.89 bits per heavy atom. The Morgan fingerprint density at radius 1 is 1.04 bits per heavy atom. The number of ether oxygens (including phenoxy) is 1. The van der Waals surface area contributed by atoms with Gasteiger partial charge < -0.3 is 15.4 Å². The van der Waals surface area contributed by atoms with Crippen molar-refractivity contribution in [2.75, 3.05) is 12.4 Å². The first-order chi connectivity index (χ1) is 13.2. The molecule has 0 radical (unpaired) electrons. The standard InChI is InChI=1S/C20H18N4O3/c1-27-20(26)15-5-2-6-16(10-15)24-17-7-9-22-18(11-17)19(25)23-13-14-4-3-8-21-12-14/h2-12H,13H2,1H3,(H,22,24)(H,23,25). The summed E-state index contributed by atoms with van der Waals surface area (Å²) in [5.41, 5.74) is 3.00. The Kier molecular flexibility index (Phi) is 5.73. The van der Waals surface area contributed by atoms with E-state index in [-0.39, 0.29) is 11.6 Å². The first-order valence-electron chi connectivity index (χ1n) is 8.24. The smallest absolute Gasteiger partial charge is 0.337 e. The molecular weight excluding hydrogens is 344 g/mol. The lowest BCUT2D eigenvalue weighted by Gasteiger charge is -2.09. The van der Waals surface area contributed by atoms with E-state index in [1.807, 2.05) is 18.2 Å². The van der Waals surface area contributed by atoms with Crippen LogP contribution in [-0.2, 0) is 11.3 Å². The van der Waals surface area contributed by atoms with Crippen LogP contribution in [0.3, 0.4) is 0 Å². The largest absolute Gasteiger partial charge is 0.465 e. The second-order valence-electron chi connectivity index (χ2n) is 5.67. The van der Waals surface area contributed by atoms with Crippen molar-refractivity contribution in [1.29, 1.82) is 0 Å². The molecule has 27 heavy (non-hydrogen) atoms. The number of nitrogens with zero attached hydrogens (tertiary/aromatic N) is 2. The zero-order chi connectivity index (χ0) is 19.1. The van der Waals surface area contributed by atoms with Crippen LogP contribution < -0.4 is 10.6 Å². The first-order valence-corrected chi connectivity index (χ1v) is 8.24. The monoisotopic (exact) mass is 362 g/mol. The van der Waals surface area contributed by atoms with E-state index in [0.29, 0.717) is 23.5 Å². The number of rotatable bonds is 6. The van der Waals surface area contributed by atoms with E-state index >= 15 is 0 Å². The number of benzene rings is 1. The summed E-state index contributed by atoms with van der Waals surface area (Å²) in [6, 6.07) is 14.0. The molecule has 136 valence electrons. The van der Waals surface area contributed by atoms with Gasteiger partial charge in [0.15, 0.2) is 0 Å². The number of aromatic nitrogens is 2. The average Bonchev–Trinajstić information content (AvgIpc) is 2.72. The van der Waals surface area contributed by atoms with Crippen LogP contribution in [0.25, 0.3) is 0 Å². The Balaban J connectivity index is 1.68. The second-order valence-corrected chi connectivity index (χ2v) is 5.67. The molecular formula is C20H18N4O3. The number of hydrogen-bond donors (Lipinski definition) is 2. The van der Waals surface area contributed by atoms with Gasteiger partial charge in [-0.15, -0.1) is 0 Å². The van der Waals surface area contributed by atoms with Gasteiger partial charge in [-0.25, -0.2) is 4.79 Å². The molecule has 7 heteroatoms. The van der Waals surface area contributed by atoms with E-state index in [0.717, 1.165) is 5.56 Å². The van der Waals surface area contributed by atoms with Crippen LogP contribution in [0, 0.1) is 0 Å². The van der Waals surface area contributed by atoms with Gasteiger partial charge in [0.2, 0.25) is 0 Å². The van der Waals surface area contributed by atoms with Crippen LogP contribution in [0.1, 0.15) is 26.4 Å². The SMILES string of the molecule is COC(=O)c1cccc(Nc2ccnc(C(=O)NCc3cccnc3)c2)c1. The fourth-order valence-corrected chi connectivity index (χ4v) is 2.42. The summed E-state index contributed by atoms with van der Waals surface area (Å²) in [5.74, 6) is -0.699. The highest BCUT2D eigenvalue weighted by molar-refractivity contribution is 5.93. The van der Waals surface area contributed by atoms with Gasteiger partial charge in [0.05, 0.1) is 12.7 Å². The molecule has 0 aliphatic carbocycles. The molecule has 1 amide bonds. The Labute approximate surface area is 156 Å². The Morgan fingerprint density at radius 3 is 2.67 bits per heavy atom. The van der Waals surface area contributed by atoms with Crippen molar-refractivity contribution < 1.29 is 14.3 Å². The average molecular weight is 362 g/mol. The topological polar surface area (TPSA) is 93.2 Å². The van der Waals surface area contributed by atoms with E-state index < -0.39 is 5.97 Å². The summed E-state index contributed by atoms with van der Waals surface area (Å²) in [6.45, 7) is 0.368. The highest BCUT2D eigenvalue weighted by Gasteiger charge is 2.09. The molecule has 2 N–H and O–H groups in total. The molecule has 0 saturated heterocycles. The molecule has 0 bridgehead atoms. The maximum absolute atomic E-state index is 12.3. The van der Waals surface area contributed by atoms with Crippen molar-refractivity contribution in [1.82, 2.24) is 15.3 Å². The number of pyridine rings is 2. The minimum atomic E-state index is -0.413. The number of anilines is 2. The fraction of sp³-hybridized carbons (Fsp3) is 0.100. The molecule has 7 nitrogen and oxygen atoms in total. The molecule has 0 unspecified atom stereocenters. The van der Waals surface area contributed by atoms with Gasteiger partial charge in [-0.2, -0.15) is 0 Å². The molecule has 1 aromatic carbocycles. The van der Waals surface area contributed by atoms with E-state index in [9.17, 15) is 9.59 Å². The molecule has 0 saturated carbocycles. The normalized spacial score (nSPS) is 10.1. The van der Waals surface area contributed by atoms with Gasteiger partial charge in [0.1, 0.15) is 5.69 Å². The molecule has 0 aliphatic rings. The van der Waals surface area contributed by atoms with E-state index in [1.165, 1.54) is 7.11 Å². The van der Waals surface area contributed by atoms with E-state index in [2.05, 4.69) is 20.6 Å². The van der Waals surface area contributed by atoms with Crippen molar-refractivity contribution in [3.05, 3.63) is 83.9 Å². The van der Waals surface area contributed by atoms with Gasteiger partial charge in [-0.1, -0.05) is 12.1 Å². The lowest BCUT2D eigenvalue weighted by Crippen LogP contribution is -2.23. The fourth-order valence-electron chi connectivity index (χ4n) is 2.42. The number of hydrogen-bond acceptors (Lipinski definition) is 6. The summed E-state index contributed by atoms with van der Waals surface area (Å²) in [4.78, 5) is 32.1. The molecule has 3 rings (SSSR count). The predicted octanol–water partition coefficient (Wildman–Crippen LogP) is 2.94. The first kappa shape index (κ1) is 18.1. The van der Waals surface area contributed by atoms with Crippen LogP contribution in [0.5, 0.6) is 0 Å². The summed E-state index contributed by atoms with van der Waals surface area (Å²) < 4.78 is 4.72. The van der Waals surface area contributed by atoms with Gasteiger partial charge >= 0.3 is 5.97 Å². The second kappa shape index (κ2) is 8.57. The molecule has 0 atom stereocenters. The van der Waals surface area contributed by atoms with Crippen molar-refractivity contribution in [3.63, 3.8) is 0 Å². The van der Waals surface area contributed by atoms with Gasteiger partial charge in [0, 0.05) is 36.5 Å². The lowest BCUT2D eigenvalue weighted by molar-refractivity contribution is 0.0600. The summed E-state index contributed by atoms with van der Waals surface area (Å²) in [6.07, 6.45) is 4.92. The third-order valence-corrected chi connectivity index (χ3v) is 3.74. The number of carbonyl (C=O) groups is 2. The van der Waals surface area contributed by atoms with E-state index in [4.69, 9.17) is 4.74 Å². The molecule has 0 aliphatic heterocycles. The Bertz CT molecular complexity index is 945. The zero-order valence-electron chi connectivity index (χ0n) is 14.7. The molecule has 0 fully saturated rings. The van der Waals surface area contributed by atoms with Crippen LogP contribution in [0.4, 0.5) is 11.4 Å². The predicted molar refractivity (Wildman–Crippen MR) is 101 cm³/mol. The van der Waals surface area contributed by atoms with Crippen molar-refractivity contribution in [2.45, 2.75) is 6.54 Å². The minimum Gasteiger partial charge on any atom is -0.465 e. The molecule has 3 aromatic rings.